The highest BCUT2D eigenvalue weighted by atomic mass is 32.2. The number of aliphatic hydroxyl groups is 1. The molecule has 1 spiro atoms. The van der Waals surface area contributed by atoms with Gasteiger partial charge >= 0.3 is 0 Å². The van der Waals surface area contributed by atoms with Crippen LogP contribution in [0.5, 0.6) is 5.75 Å². The average Bonchev–Trinajstić information content (AvgIpc) is 3.58. The molecule has 2 atom stereocenters. The smallest absolute Gasteiger partial charge is 0.243 e. The lowest BCUT2D eigenvalue weighted by atomic mass is 9.88. The van der Waals surface area contributed by atoms with Crippen molar-refractivity contribution < 1.29 is 31.4 Å². The lowest BCUT2D eigenvalue weighted by Crippen LogP contribution is -2.47. The third-order valence-electron chi connectivity index (χ3n) is 7.17. The zero-order valence-corrected chi connectivity index (χ0v) is 23.8. The van der Waals surface area contributed by atoms with E-state index in [2.05, 4.69) is 18.8 Å². The summed E-state index contributed by atoms with van der Waals surface area (Å²) in [5.41, 5.74) is 0.860. The zero-order valence-electron chi connectivity index (χ0n) is 21.3. The molecule has 1 aromatic heterocycles. The Bertz CT molecular complexity index is 1520. The first-order valence-electron chi connectivity index (χ1n) is 12.5. The number of rotatable bonds is 10. The molecule has 0 aliphatic carbocycles. The number of aromatic nitrogens is 2. The first-order valence-corrected chi connectivity index (χ1v) is 16.2. The molecule has 0 amide bonds. The second kappa shape index (κ2) is 11.3. The quantitative estimate of drug-likeness (QED) is 0.307. The minimum Gasteiger partial charge on any atom is -0.491 e. The fourth-order valence-electron chi connectivity index (χ4n) is 4.93. The number of ether oxygens (including phenoxy) is 2. The number of benzene rings is 2. The molecule has 2 fully saturated rings. The van der Waals surface area contributed by atoms with Gasteiger partial charge in [-0.25, -0.2) is 21.6 Å². The molecule has 2 unspecified atom stereocenters. The van der Waals surface area contributed by atoms with E-state index in [-0.39, 0.29) is 29.0 Å². The summed E-state index contributed by atoms with van der Waals surface area (Å²) < 4.78 is 74.1. The minimum absolute atomic E-state index is 0.00957. The van der Waals surface area contributed by atoms with Gasteiger partial charge < -0.3 is 19.9 Å². The molecule has 2 aliphatic rings. The Balaban J connectivity index is 1.08. The Kier molecular flexibility index (Phi) is 8.22. The monoisotopic (exact) mass is 597 g/mol. The van der Waals surface area contributed by atoms with Crippen LogP contribution in [-0.4, -0.2) is 92.6 Å². The van der Waals surface area contributed by atoms with Crippen LogP contribution < -0.4 is 14.8 Å². The van der Waals surface area contributed by atoms with Crippen LogP contribution in [0.15, 0.2) is 52.3 Å². The molecule has 2 saturated heterocycles. The fourth-order valence-corrected chi connectivity index (χ4v) is 7.68. The van der Waals surface area contributed by atoms with Gasteiger partial charge in [-0.2, -0.15) is 13.1 Å². The number of nitrogens with zero attached hydrogens (tertiary/aromatic N) is 3. The summed E-state index contributed by atoms with van der Waals surface area (Å²) >= 11 is 1.05. The van der Waals surface area contributed by atoms with Gasteiger partial charge in [-0.05, 0) is 56.6 Å². The second-order valence-corrected chi connectivity index (χ2v) is 14.1. The number of fused-ring (bicyclic) bond motifs is 1. The van der Waals surface area contributed by atoms with E-state index >= 15 is 0 Å². The topological polar surface area (TPSA) is 160 Å². The number of hydrogen-bond acceptors (Lipinski definition) is 11. The number of sulfonamides is 2. The largest absolute Gasteiger partial charge is 0.491 e. The van der Waals surface area contributed by atoms with Crippen molar-refractivity contribution in [2.75, 3.05) is 39.9 Å². The summed E-state index contributed by atoms with van der Waals surface area (Å²) in [4.78, 5) is 0.303. The van der Waals surface area contributed by atoms with Crippen molar-refractivity contribution in [1.82, 2.24) is 23.1 Å². The molecule has 15 heteroatoms. The highest BCUT2D eigenvalue weighted by Gasteiger charge is 2.44. The Morgan fingerprint density at radius 2 is 1.90 bits per heavy atom. The van der Waals surface area contributed by atoms with E-state index < -0.39 is 31.8 Å². The lowest BCUT2D eigenvalue weighted by molar-refractivity contribution is -0.0312. The third kappa shape index (κ3) is 6.25. The van der Waals surface area contributed by atoms with Gasteiger partial charge in [0, 0.05) is 31.7 Å². The van der Waals surface area contributed by atoms with Gasteiger partial charge in [-0.15, -0.1) is 0 Å². The van der Waals surface area contributed by atoms with Crippen LogP contribution in [0.4, 0.5) is 0 Å². The Labute approximate surface area is 231 Å². The molecule has 0 saturated carbocycles. The van der Waals surface area contributed by atoms with Crippen molar-refractivity contribution in [1.29, 1.82) is 0 Å². The van der Waals surface area contributed by atoms with Gasteiger partial charge in [-0.3, -0.25) is 0 Å². The van der Waals surface area contributed by atoms with Gasteiger partial charge in [0.25, 0.3) is 0 Å². The molecular weight excluding hydrogens is 566 g/mol. The summed E-state index contributed by atoms with van der Waals surface area (Å²) in [6, 6.07) is 10.9. The van der Waals surface area contributed by atoms with Crippen molar-refractivity contribution in [2.45, 2.75) is 46.8 Å². The fraction of sp³-hybridized carbons (Fsp3) is 0.500. The maximum atomic E-state index is 13.2. The maximum Gasteiger partial charge on any atom is 0.243 e. The van der Waals surface area contributed by atoms with Gasteiger partial charge in [0.05, 0.1) is 33.7 Å². The predicted molar refractivity (Wildman–Crippen MR) is 145 cm³/mol. The van der Waals surface area contributed by atoms with E-state index in [0.717, 1.165) is 18.1 Å². The van der Waals surface area contributed by atoms with Gasteiger partial charge in [-0.1, -0.05) is 6.07 Å². The first-order chi connectivity index (χ1) is 18.6. The summed E-state index contributed by atoms with van der Waals surface area (Å²) in [6.07, 6.45) is 1.07. The highest BCUT2D eigenvalue weighted by molar-refractivity contribution is 7.89. The molecule has 2 aromatic carbocycles. The van der Waals surface area contributed by atoms with Gasteiger partial charge in [0.15, 0.2) is 0 Å². The molecule has 0 bridgehead atoms. The van der Waals surface area contributed by atoms with Crippen LogP contribution >= 0.6 is 11.7 Å². The van der Waals surface area contributed by atoms with E-state index in [0.29, 0.717) is 49.3 Å². The first kappa shape index (κ1) is 28.3. The normalized spacial score (nSPS) is 20.9. The van der Waals surface area contributed by atoms with E-state index in [4.69, 9.17) is 9.47 Å². The lowest BCUT2D eigenvalue weighted by Gasteiger charge is -2.38. The van der Waals surface area contributed by atoms with Crippen LogP contribution in [-0.2, 0) is 24.8 Å². The maximum absolute atomic E-state index is 13.2. The molecule has 212 valence electrons. The summed E-state index contributed by atoms with van der Waals surface area (Å²) in [5, 5.41) is 13.7. The summed E-state index contributed by atoms with van der Waals surface area (Å²) in [5.74, 6) is 0.346. The van der Waals surface area contributed by atoms with E-state index in [1.54, 1.807) is 30.3 Å². The van der Waals surface area contributed by atoms with Crippen molar-refractivity contribution >= 4 is 42.8 Å². The molecule has 3 N–H and O–H groups in total. The van der Waals surface area contributed by atoms with Crippen LogP contribution in [0, 0.1) is 0 Å². The Morgan fingerprint density at radius 3 is 2.67 bits per heavy atom. The number of piperidine rings is 1. The average molecular weight is 598 g/mol. The number of aliphatic hydroxyl groups excluding tert-OH is 1. The number of hydrogen-bond donors (Lipinski definition) is 3. The summed E-state index contributed by atoms with van der Waals surface area (Å²) in [7, 11) is -5.89. The zero-order chi connectivity index (χ0) is 27.7. The molecule has 0 radical (unpaired) electrons. The number of nitrogens with one attached hydrogen (secondary N) is 2. The second-order valence-electron chi connectivity index (χ2n) is 9.77. The standard InChI is InChI=1S/C24H31N5O7S3/c1-25-38(31,32)20-4-2-3-19(11-20)35-16-18(30)14-26-17-13-24(36-15-17)7-9-29(10-8-24)39(33,34)21-5-6-22-23(12-21)28-37-27-22/h2-6,11-12,17-18,25-26,30H,7-10,13-16H2,1H3. The van der Waals surface area contributed by atoms with Crippen molar-refractivity contribution in [3.05, 3.63) is 42.5 Å². The van der Waals surface area contributed by atoms with E-state index in [1.165, 1.54) is 23.5 Å². The molecule has 39 heavy (non-hydrogen) atoms. The van der Waals surface area contributed by atoms with Crippen molar-refractivity contribution in [3.8, 4) is 5.75 Å². The van der Waals surface area contributed by atoms with Gasteiger partial charge in [0.1, 0.15) is 29.5 Å². The summed E-state index contributed by atoms with van der Waals surface area (Å²) in [6.45, 7) is 1.46. The van der Waals surface area contributed by atoms with Gasteiger partial charge in [0.2, 0.25) is 20.0 Å². The minimum atomic E-state index is -3.64. The molecule has 3 heterocycles. The van der Waals surface area contributed by atoms with Crippen LogP contribution in [0.25, 0.3) is 11.0 Å². The Morgan fingerprint density at radius 1 is 1.13 bits per heavy atom. The molecule has 3 aromatic rings. The van der Waals surface area contributed by atoms with Crippen LogP contribution in [0.2, 0.25) is 0 Å². The van der Waals surface area contributed by atoms with Crippen molar-refractivity contribution in [2.24, 2.45) is 0 Å². The SMILES string of the molecule is CNS(=O)(=O)c1cccc(OCC(O)CNC2COC3(CCN(S(=O)(=O)c4ccc5nsnc5c4)CC3)C2)c1. The molecule has 12 nitrogen and oxygen atoms in total. The highest BCUT2D eigenvalue weighted by Crippen LogP contribution is 2.37. The van der Waals surface area contributed by atoms with E-state index in [9.17, 15) is 21.9 Å². The molecule has 5 rings (SSSR count). The molecule has 2 aliphatic heterocycles. The van der Waals surface area contributed by atoms with E-state index in [1.807, 2.05) is 0 Å². The Hall–Kier alpha value is -2.24. The van der Waals surface area contributed by atoms with Crippen molar-refractivity contribution in [3.63, 3.8) is 0 Å². The predicted octanol–water partition coefficient (Wildman–Crippen LogP) is 0.941. The van der Waals surface area contributed by atoms with Crippen LogP contribution in [0.3, 0.4) is 0 Å². The third-order valence-corrected chi connectivity index (χ3v) is 11.0. The molecular formula is C24H31N5O7S3. The van der Waals surface area contributed by atoms with Crippen LogP contribution in [0.1, 0.15) is 19.3 Å².